The van der Waals surface area contributed by atoms with Crippen LogP contribution in [0.3, 0.4) is 0 Å². The maximum absolute atomic E-state index is 12.7. The first-order chi connectivity index (χ1) is 11.5. The van der Waals surface area contributed by atoms with E-state index in [4.69, 9.17) is 10.2 Å². The molecule has 1 aromatic heterocycles. The number of carbonyl (C=O) groups is 2. The van der Waals surface area contributed by atoms with E-state index < -0.39 is 0 Å². The zero-order valence-electron chi connectivity index (χ0n) is 13.6. The Morgan fingerprint density at radius 2 is 1.83 bits per heavy atom. The summed E-state index contributed by atoms with van der Waals surface area (Å²) in [4.78, 5) is 31.7. The molecule has 2 aromatic rings. The van der Waals surface area contributed by atoms with Crippen molar-refractivity contribution >= 4 is 11.8 Å². The summed E-state index contributed by atoms with van der Waals surface area (Å²) in [6.45, 7) is 4.30. The Morgan fingerprint density at radius 1 is 1.17 bits per heavy atom. The van der Waals surface area contributed by atoms with Crippen molar-refractivity contribution < 1.29 is 14.0 Å². The third kappa shape index (κ3) is 3.46. The van der Waals surface area contributed by atoms with E-state index in [0.29, 0.717) is 37.8 Å². The van der Waals surface area contributed by atoms with Crippen LogP contribution in [-0.2, 0) is 4.79 Å². The molecule has 1 aliphatic heterocycles. The minimum atomic E-state index is -0.353. The lowest BCUT2D eigenvalue weighted by Gasteiger charge is -2.33. The van der Waals surface area contributed by atoms with Crippen molar-refractivity contribution in [2.24, 2.45) is 5.73 Å². The number of benzene rings is 1. The van der Waals surface area contributed by atoms with E-state index >= 15 is 0 Å². The number of hydrogen-bond acceptors (Lipinski definition) is 5. The van der Waals surface area contributed by atoms with E-state index in [9.17, 15) is 9.59 Å². The Hall–Kier alpha value is -2.67. The van der Waals surface area contributed by atoms with E-state index in [1.54, 1.807) is 11.8 Å². The van der Waals surface area contributed by atoms with Crippen molar-refractivity contribution in [3.8, 4) is 11.5 Å². The minimum absolute atomic E-state index is 0.166. The van der Waals surface area contributed by atoms with Gasteiger partial charge in [0.2, 0.25) is 17.6 Å². The molecule has 0 unspecified atom stereocenters. The van der Waals surface area contributed by atoms with Gasteiger partial charge in [0.15, 0.2) is 0 Å². The molecule has 2 amide bonds. The van der Waals surface area contributed by atoms with Crippen LogP contribution in [0.1, 0.15) is 16.2 Å². The maximum atomic E-state index is 12.7. The van der Waals surface area contributed by atoms with Gasteiger partial charge in [0.1, 0.15) is 0 Å². The second-order valence-electron chi connectivity index (χ2n) is 5.83. The molecule has 24 heavy (non-hydrogen) atoms. The molecule has 126 valence electrons. The lowest BCUT2D eigenvalue weighted by atomic mass is 10.2. The Labute approximate surface area is 140 Å². The van der Waals surface area contributed by atoms with Gasteiger partial charge < -0.3 is 15.1 Å². The van der Waals surface area contributed by atoms with Gasteiger partial charge in [-0.2, -0.15) is 0 Å². The van der Waals surface area contributed by atoms with Gasteiger partial charge in [-0.25, -0.2) is 4.98 Å². The van der Waals surface area contributed by atoms with Crippen LogP contribution in [0, 0.1) is 6.92 Å². The van der Waals surface area contributed by atoms with Crippen molar-refractivity contribution in [3.05, 3.63) is 41.8 Å². The first-order valence-electron chi connectivity index (χ1n) is 7.87. The summed E-state index contributed by atoms with van der Waals surface area (Å²) >= 11 is 0. The van der Waals surface area contributed by atoms with E-state index in [2.05, 4.69) is 4.98 Å². The largest absolute Gasteiger partial charge is 0.431 e. The summed E-state index contributed by atoms with van der Waals surface area (Å²) in [6, 6.07) is 9.49. The second kappa shape index (κ2) is 6.84. The number of carbonyl (C=O) groups excluding carboxylic acids is 2. The highest BCUT2D eigenvalue weighted by atomic mass is 16.4. The first kappa shape index (κ1) is 16.2. The van der Waals surface area contributed by atoms with Gasteiger partial charge in [-0.1, -0.05) is 18.2 Å². The Balaban J connectivity index is 1.70. The predicted octanol–water partition coefficient (Wildman–Crippen LogP) is 0.893. The van der Waals surface area contributed by atoms with Gasteiger partial charge in [0, 0.05) is 31.7 Å². The molecule has 0 spiro atoms. The monoisotopic (exact) mass is 328 g/mol. The molecule has 1 aromatic carbocycles. The molecule has 1 fully saturated rings. The lowest BCUT2D eigenvalue weighted by Crippen LogP contribution is -2.50. The molecular weight excluding hydrogens is 308 g/mol. The summed E-state index contributed by atoms with van der Waals surface area (Å²) in [7, 11) is 0. The van der Waals surface area contributed by atoms with Crippen molar-refractivity contribution in [2.45, 2.75) is 6.92 Å². The van der Waals surface area contributed by atoms with Crippen LogP contribution in [0.5, 0.6) is 0 Å². The molecule has 2 heterocycles. The van der Waals surface area contributed by atoms with Gasteiger partial charge >= 0.3 is 0 Å². The second-order valence-corrected chi connectivity index (χ2v) is 5.83. The smallest absolute Gasteiger partial charge is 0.291 e. The molecule has 2 N–H and O–H groups in total. The van der Waals surface area contributed by atoms with Crippen LogP contribution in [0.2, 0.25) is 0 Å². The maximum Gasteiger partial charge on any atom is 0.291 e. The van der Waals surface area contributed by atoms with Gasteiger partial charge in [0.05, 0.1) is 12.2 Å². The van der Waals surface area contributed by atoms with Crippen LogP contribution >= 0.6 is 0 Å². The third-order valence-corrected chi connectivity index (χ3v) is 4.05. The lowest BCUT2D eigenvalue weighted by molar-refractivity contribution is -0.119. The summed E-state index contributed by atoms with van der Waals surface area (Å²) in [5.41, 5.74) is 6.62. The van der Waals surface area contributed by atoms with Crippen LogP contribution in [-0.4, -0.2) is 59.3 Å². The standard InChI is InChI=1S/C17H20N4O3/c1-12-15(24-16(19-12)13-5-3-2-4-6-13)17(23)21-9-7-20(8-10-21)11-14(18)22/h2-6H,7-11H2,1H3,(H2,18,22). The number of nitrogens with zero attached hydrogens (tertiary/aromatic N) is 3. The fourth-order valence-electron chi connectivity index (χ4n) is 2.77. The zero-order chi connectivity index (χ0) is 17.1. The molecule has 0 saturated carbocycles. The van der Waals surface area contributed by atoms with Gasteiger partial charge in [-0.05, 0) is 19.1 Å². The third-order valence-electron chi connectivity index (χ3n) is 4.05. The number of rotatable bonds is 4. The summed E-state index contributed by atoms with van der Waals surface area (Å²) in [6.07, 6.45) is 0. The SMILES string of the molecule is Cc1nc(-c2ccccc2)oc1C(=O)N1CCN(CC(N)=O)CC1. The Morgan fingerprint density at radius 3 is 2.46 bits per heavy atom. The van der Waals surface area contributed by atoms with E-state index in [1.807, 2.05) is 35.2 Å². The number of oxazole rings is 1. The van der Waals surface area contributed by atoms with Crippen molar-refractivity contribution in [2.75, 3.05) is 32.7 Å². The molecule has 7 nitrogen and oxygen atoms in total. The molecule has 0 atom stereocenters. The molecule has 0 aliphatic carbocycles. The molecule has 3 rings (SSSR count). The topological polar surface area (TPSA) is 92.7 Å². The van der Waals surface area contributed by atoms with E-state index in [1.165, 1.54) is 0 Å². The molecule has 1 saturated heterocycles. The number of piperazine rings is 1. The van der Waals surface area contributed by atoms with E-state index in [-0.39, 0.29) is 24.1 Å². The van der Waals surface area contributed by atoms with Crippen molar-refractivity contribution in [1.29, 1.82) is 0 Å². The molecular formula is C17H20N4O3. The molecule has 7 heteroatoms. The van der Waals surface area contributed by atoms with Crippen LogP contribution in [0.25, 0.3) is 11.5 Å². The summed E-state index contributed by atoms with van der Waals surface area (Å²) in [5.74, 6) is 0.204. The molecule has 0 bridgehead atoms. The average Bonchev–Trinajstić information content (AvgIpc) is 2.97. The first-order valence-corrected chi connectivity index (χ1v) is 7.87. The quantitative estimate of drug-likeness (QED) is 0.900. The molecule has 1 aliphatic rings. The summed E-state index contributed by atoms with van der Waals surface area (Å²) in [5, 5.41) is 0. The predicted molar refractivity (Wildman–Crippen MR) is 88.2 cm³/mol. The molecule has 0 radical (unpaired) electrons. The Kier molecular flexibility index (Phi) is 4.61. The fraction of sp³-hybridized carbons (Fsp3) is 0.353. The highest BCUT2D eigenvalue weighted by Crippen LogP contribution is 2.22. The summed E-state index contributed by atoms with van der Waals surface area (Å²) < 4.78 is 5.72. The number of amides is 2. The van der Waals surface area contributed by atoms with Crippen LogP contribution < -0.4 is 5.73 Å². The number of aromatic nitrogens is 1. The van der Waals surface area contributed by atoms with Gasteiger partial charge in [0.25, 0.3) is 5.91 Å². The minimum Gasteiger partial charge on any atom is -0.431 e. The zero-order valence-corrected chi connectivity index (χ0v) is 13.6. The highest BCUT2D eigenvalue weighted by molar-refractivity contribution is 5.93. The van der Waals surface area contributed by atoms with Crippen molar-refractivity contribution in [3.63, 3.8) is 0 Å². The fourth-order valence-corrected chi connectivity index (χ4v) is 2.77. The van der Waals surface area contributed by atoms with Crippen LogP contribution in [0.4, 0.5) is 0 Å². The van der Waals surface area contributed by atoms with Crippen molar-refractivity contribution in [1.82, 2.24) is 14.8 Å². The number of hydrogen-bond donors (Lipinski definition) is 1. The number of aryl methyl sites for hydroxylation is 1. The Bertz CT molecular complexity index is 734. The normalized spacial score (nSPS) is 15.5. The van der Waals surface area contributed by atoms with Gasteiger partial charge in [-0.3, -0.25) is 14.5 Å². The van der Waals surface area contributed by atoms with Crippen LogP contribution in [0.15, 0.2) is 34.7 Å². The number of nitrogens with two attached hydrogens (primary N) is 1. The van der Waals surface area contributed by atoms with Gasteiger partial charge in [-0.15, -0.1) is 0 Å². The van der Waals surface area contributed by atoms with E-state index in [0.717, 1.165) is 5.56 Å². The average molecular weight is 328 g/mol. The number of primary amides is 1. The highest BCUT2D eigenvalue weighted by Gasteiger charge is 2.27.